The van der Waals surface area contributed by atoms with Crippen molar-refractivity contribution in [3.63, 3.8) is 0 Å². The smallest absolute Gasteiger partial charge is 0.408 e. The monoisotopic (exact) mass is 473 g/mol. The average Bonchev–Trinajstić information content (AvgIpc) is 2.71. The summed E-state index contributed by atoms with van der Waals surface area (Å²) in [6, 6.07) is 1.88. The maximum absolute atomic E-state index is 12.0. The Hall–Kier alpha value is -2.73. The minimum absolute atomic E-state index is 0.117. The number of alkyl carbamates (subject to hydrolysis) is 1. The standard InChI is InChI=1S/C20H31N3O8S/c1-20(2,3)31-19(25)22-14(18(24)29-6)12-32-11-13-9-16(28-5)17(30-8-7-21-4)10-15(13)23(26)27/h9-10,14,21H,7-8,11-12H2,1-6H3,(H,22,25). The Morgan fingerprint density at radius 3 is 2.44 bits per heavy atom. The number of carbonyl (C=O) groups is 2. The maximum Gasteiger partial charge on any atom is 0.408 e. The summed E-state index contributed by atoms with van der Waals surface area (Å²) < 4.78 is 20.8. The van der Waals surface area contributed by atoms with Crippen LogP contribution in [-0.2, 0) is 20.0 Å². The van der Waals surface area contributed by atoms with Crippen LogP contribution in [0.3, 0.4) is 0 Å². The van der Waals surface area contributed by atoms with E-state index in [1.54, 1.807) is 27.8 Å². The summed E-state index contributed by atoms with van der Waals surface area (Å²) in [6.45, 7) is 5.98. The van der Waals surface area contributed by atoms with Crippen LogP contribution in [-0.4, -0.2) is 68.8 Å². The quantitative estimate of drug-likeness (QED) is 0.201. The lowest BCUT2D eigenvalue weighted by molar-refractivity contribution is -0.385. The van der Waals surface area contributed by atoms with Crippen molar-refractivity contribution in [1.82, 2.24) is 10.6 Å². The van der Waals surface area contributed by atoms with Gasteiger partial charge in [0.1, 0.15) is 18.2 Å². The van der Waals surface area contributed by atoms with Crippen LogP contribution >= 0.6 is 11.8 Å². The Morgan fingerprint density at radius 1 is 1.22 bits per heavy atom. The van der Waals surface area contributed by atoms with Crippen molar-refractivity contribution in [3.05, 3.63) is 27.8 Å². The van der Waals surface area contributed by atoms with Gasteiger partial charge in [-0.25, -0.2) is 9.59 Å². The average molecular weight is 474 g/mol. The number of amides is 1. The molecule has 1 aromatic carbocycles. The van der Waals surface area contributed by atoms with Crippen LogP contribution < -0.4 is 20.1 Å². The highest BCUT2D eigenvalue weighted by Gasteiger charge is 2.26. The van der Waals surface area contributed by atoms with Crippen LogP contribution in [0.15, 0.2) is 12.1 Å². The Morgan fingerprint density at radius 2 is 1.91 bits per heavy atom. The number of nitro groups is 1. The number of hydrogen-bond acceptors (Lipinski definition) is 10. The van der Waals surface area contributed by atoms with Gasteiger partial charge in [0.05, 0.1) is 25.2 Å². The summed E-state index contributed by atoms with van der Waals surface area (Å²) >= 11 is 1.21. The number of carbonyl (C=O) groups excluding carboxylic acids is 2. The first kappa shape index (κ1) is 27.3. The Balaban J connectivity index is 2.93. The number of thioether (sulfide) groups is 1. The number of ether oxygens (including phenoxy) is 4. The summed E-state index contributed by atoms with van der Waals surface area (Å²) in [7, 11) is 4.42. The molecule has 12 heteroatoms. The van der Waals surface area contributed by atoms with Gasteiger partial charge in [0.25, 0.3) is 5.69 Å². The molecular formula is C20H31N3O8S. The third kappa shape index (κ3) is 9.18. The van der Waals surface area contributed by atoms with Gasteiger partial charge in [-0.1, -0.05) is 0 Å². The van der Waals surface area contributed by atoms with E-state index in [0.717, 1.165) is 0 Å². The second-order valence-electron chi connectivity index (χ2n) is 7.58. The van der Waals surface area contributed by atoms with Crippen LogP contribution in [0.1, 0.15) is 26.3 Å². The molecule has 0 aliphatic rings. The molecule has 1 aromatic rings. The molecular weight excluding hydrogens is 442 g/mol. The van der Waals surface area contributed by atoms with E-state index >= 15 is 0 Å². The molecule has 1 amide bonds. The van der Waals surface area contributed by atoms with Crippen molar-refractivity contribution in [3.8, 4) is 11.5 Å². The predicted molar refractivity (Wildman–Crippen MR) is 120 cm³/mol. The zero-order valence-corrected chi connectivity index (χ0v) is 20.0. The topological polar surface area (TPSA) is 138 Å². The van der Waals surface area contributed by atoms with E-state index in [1.165, 1.54) is 38.1 Å². The van der Waals surface area contributed by atoms with Gasteiger partial charge in [-0.2, -0.15) is 11.8 Å². The zero-order chi connectivity index (χ0) is 24.3. The largest absolute Gasteiger partial charge is 0.493 e. The van der Waals surface area contributed by atoms with Crippen LogP contribution in [0, 0.1) is 10.1 Å². The minimum atomic E-state index is -0.982. The van der Waals surface area contributed by atoms with Crippen molar-refractivity contribution in [2.45, 2.75) is 38.2 Å². The molecule has 0 saturated heterocycles. The number of nitrogens with zero attached hydrogens (tertiary/aromatic N) is 1. The molecule has 0 spiro atoms. The first-order chi connectivity index (χ1) is 15.0. The fourth-order valence-electron chi connectivity index (χ4n) is 2.46. The normalized spacial score (nSPS) is 11.9. The summed E-state index contributed by atoms with van der Waals surface area (Å²) in [6.07, 6.45) is -0.760. The van der Waals surface area contributed by atoms with Gasteiger partial charge in [-0.15, -0.1) is 0 Å². The lowest BCUT2D eigenvalue weighted by Crippen LogP contribution is -2.45. The van der Waals surface area contributed by atoms with Crippen LogP contribution in [0.2, 0.25) is 0 Å². The second kappa shape index (κ2) is 13.0. The first-order valence-electron chi connectivity index (χ1n) is 9.80. The Labute approximate surface area is 191 Å². The summed E-state index contributed by atoms with van der Waals surface area (Å²) in [4.78, 5) is 35.1. The lowest BCUT2D eigenvalue weighted by Gasteiger charge is -2.22. The molecule has 1 unspecified atom stereocenters. The van der Waals surface area contributed by atoms with Crippen molar-refractivity contribution in [2.24, 2.45) is 0 Å². The third-order valence-corrected chi connectivity index (χ3v) is 4.97. The molecule has 32 heavy (non-hydrogen) atoms. The van der Waals surface area contributed by atoms with Gasteiger partial charge in [0.2, 0.25) is 0 Å². The van der Waals surface area contributed by atoms with Gasteiger partial charge < -0.3 is 29.6 Å². The number of methoxy groups -OCH3 is 2. The fraction of sp³-hybridized carbons (Fsp3) is 0.600. The van der Waals surface area contributed by atoms with E-state index < -0.39 is 28.6 Å². The van der Waals surface area contributed by atoms with Gasteiger partial charge in [-0.3, -0.25) is 10.1 Å². The molecule has 0 radical (unpaired) electrons. The van der Waals surface area contributed by atoms with Crippen molar-refractivity contribution in [2.75, 3.05) is 40.2 Å². The molecule has 0 fully saturated rings. The van der Waals surface area contributed by atoms with Gasteiger partial charge in [0, 0.05) is 23.6 Å². The van der Waals surface area contributed by atoms with Crippen molar-refractivity contribution < 1.29 is 33.5 Å². The van der Waals surface area contributed by atoms with Gasteiger partial charge >= 0.3 is 12.1 Å². The highest BCUT2D eigenvalue weighted by atomic mass is 32.2. The first-order valence-corrected chi connectivity index (χ1v) is 11.0. The number of hydrogen-bond donors (Lipinski definition) is 2. The molecule has 2 N–H and O–H groups in total. The molecule has 0 saturated carbocycles. The highest BCUT2D eigenvalue weighted by Crippen LogP contribution is 2.36. The Kier molecular flexibility index (Phi) is 11.1. The van der Waals surface area contributed by atoms with E-state index in [2.05, 4.69) is 10.6 Å². The molecule has 0 aromatic heterocycles. The molecule has 11 nitrogen and oxygen atoms in total. The SMILES string of the molecule is CNCCOc1cc([N+](=O)[O-])c(CSCC(NC(=O)OC(C)(C)C)C(=O)OC)cc1OC. The van der Waals surface area contributed by atoms with E-state index in [9.17, 15) is 19.7 Å². The molecule has 0 aliphatic carbocycles. The van der Waals surface area contributed by atoms with Gasteiger partial charge in [0.15, 0.2) is 11.5 Å². The number of benzene rings is 1. The highest BCUT2D eigenvalue weighted by molar-refractivity contribution is 7.98. The lowest BCUT2D eigenvalue weighted by atomic mass is 10.2. The fourth-order valence-corrected chi connectivity index (χ4v) is 3.48. The van der Waals surface area contributed by atoms with Crippen LogP contribution in [0.4, 0.5) is 10.5 Å². The molecule has 1 atom stereocenters. The third-order valence-electron chi connectivity index (χ3n) is 3.89. The molecule has 0 bridgehead atoms. The number of nitro benzene ring substituents is 1. The van der Waals surface area contributed by atoms with E-state index in [4.69, 9.17) is 18.9 Å². The van der Waals surface area contributed by atoms with E-state index in [-0.39, 0.29) is 22.9 Å². The zero-order valence-electron chi connectivity index (χ0n) is 19.2. The molecule has 0 aliphatic heterocycles. The Bertz CT molecular complexity index is 798. The van der Waals surface area contributed by atoms with Crippen LogP contribution in [0.5, 0.6) is 11.5 Å². The molecule has 1 rings (SSSR count). The van der Waals surface area contributed by atoms with E-state index in [0.29, 0.717) is 24.5 Å². The summed E-state index contributed by atoms with van der Waals surface area (Å²) in [5.74, 6) is 0.281. The summed E-state index contributed by atoms with van der Waals surface area (Å²) in [5, 5.41) is 17.0. The van der Waals surface area contributed by atoms with Crippen LogP contribution in [0.25, 0.3) is 0 Å². The molecule has 180 valence electrons. The predicted octanol–water partition coefficient (Wildman–Crippen LogP) is 2.50. The molecule has 0 heterocycles. The van der Waals surface area contributed by atoms with Crippen molar-refractivity contribution in [1.29, 1.82) is 0 Å². The number of esters is 1. The second-order valence-corrected chi connectivity index (χ2v) is 8.61. The van der Waals surface area contributed by atoms with Crippen molar-refractivity contribution >= 4 is 29.5 Å². The summed E-state index contributed by atoms with van der Waals surface area (Å²) in [5.41, 5.74) is -0.474. The number of likely N-dealkylation sites (N-methyl/N-ethyl adjacent to an activating group) is 1. The maximum atomic E-state index is 12.0. The number of rotatable bonds is 12. The minimum Gasteiger partial charge on any atom is -0.493 e. The number of nitrogens with one attached hydrogen (secondary N) is 2. The van der Waals surface area contributed by atoms with E-state index in [1.807, 2.05) is 0 Å². The van der Waals surface area contributed by atoms with Gasteiger partial charge in [-0.05, 0) is 33.9 Å².